The van der Waals surface area contributed by atoms with Crippen LogP contribution in [0.2, 0.25) is 5.02 Å². The second-order valence-electron chi connectivity index (χ2n) is 3.19. The highest BCUT2D eigenvalue weighted by Crippen LogP contribution is 2.27. The smallest absolute Gasteiger partial charge is 0.0406 e. The minimum atomic E-state index is 0. The highest BCUT2D eigenvalue weighted by molar-refractivity contribution is 8.00. The van der Waals surface area contributed by atoms with Crippen LogP contribution in [0.3, 0.4) is 0 Å². The van der Waals surface area contributed by atoms with Crippen molar-refractivity contribution in [2.24, 2.45) is 0 Å². The molecular formula is C10H13Cl2NS. The molecule has 0 amide bonds. The van der Waals surface area contributed by atoms with Crippen LogP contribution in [0.25, 0.3) is 0 Å². The average molecular weight is 250 g/mol. The summed E-state index contributed by atoms with van der Waals surface area (Å²) in [4.78, 5) is 1.32. The molecule has 0 aromatic heterocycles. The van der Waals surface area contributed by atoms with Crippen molar-refractivity contribution in [3.63, 3.8) is 0 Å². The third kappa shape index (κ3) is 3.35. The van der Waals surface area contributed by atoms with Crippen LogP contribution in [0.4, 0.5) is 0 Å². The fraction of sp³-hybridized carbons (Fsp3) is 0.400. The molecule has 2 rings (SSSR count). The zero-order valence-corrected chi connectivity index (χ0v) is 10.1. The Morgan fingerprint density at radius 3 is 2.57 bits per heavy atom. The topological polar surface area (TPSA) is 12.0 Å². The lowest BCUT2D eigenvalue weighted by molar-refractivity contribution is 0.858. The standard InChI is InChI=1S/C10H12ClNS.ClH/c11-8-1-3-9(4-2-8)13-10-5-6-12-7-10;/h1-4,10,12H,5-7H2;1H/t10-;/m0./s1. The molecule has 1 fully saturated rings. The van der Waals surface area contributed by atoms with E-state index >= 15 is 0 Å². The maximum Gasteiger partial charge on any atom is 0.0406 e. The van der Waals surface area contributed by atoms with Crippen molar-refractivity contribution in [3.8, 4) is 0 Å². The molecule has 0 aliphatic carbocycles. The van der Waals surface area contributed by atoms with E-state index in [0.29, 0.717) is 0 Å². The van der Waals surface area contributed by atoms with Crippen molar-refractivity contribution in [1.82, 2.24) is 5.32 Å². The number of hydrogen-bond acceptors (Lipinski definition) is 2. The summed E-state index contributed by atoms with van der Waals surface area (Å²) in [5.41, 5.74) is 0. The van der Waals surface area contributed by atoms with Gasteiger partial charge in [0.1, 0.15) is 0 Å². The van der Waals surface area contributed by atoms with E-state index in [9.17, 15) is 0 Å². The third-order valence-corrected chi connectivity index (χ3v) is 3.66. The minimum absolute atomic E-state index is 0. The molecule has 0 saturated carbocycles. The minimum Gasteiger partial charge on any atom is -0.316 e. The molecule has 1 saturated heterocycles. The van der Waals surface area contributed by atoms with Gasteiger partial charge in [0.25, 0.3) is 0 Å². The molecule has 1 atom stereocenters. The maximum atomic E-state index is 5.81. The highest BCUT2D eigenvalue weighted by Gasteiger charge is 2.14. The molecule has 1 aliphatic rings. The van der Waals surface area contributed by atoms with Crippen molar-refractivity contribution >= 4 is 35.8 Å². The Balaban J connectivity index is 0.000000980. The van der Waals surface area contributed by atoms with Gasteiger partial charge in [-0.2, -0.15) is 0 Å². The summed E-state index contributed by atoms with van der Waals surface area (Å²) in [5.74, 6) is 0. The first-order chi connectivity index (χ1) is 6.34. The van der Waals surface area contributed by atoms with Gasteiger partial charge in [0.05, 0.1) is 0 Å². The van der Waals surface area contributed by atoms with Crippen LogP contribution in [0, 0.1) is 0 Å². The average Bonchev–Trinajstić information content (AvgIpc) is 2.62. The predicted octanol–water partition coefficient (Wildman–Crippen LogP) is 3.22. The fourth-order valence-corrected chi connectivity index (χ4v) is 2.68. The third-order valence-electron chi connectivity index (χ3n) is 2.13. The Bertz CT molecular complexity index is 270. The molecule has 1 aliphatic heterocycles. The SMILES string of the molecule is Cl.Clc1ccc(S[C@H]2CCNC2)cc1. The molecule has 0 radical (unpaired) electrons. The van der Waals surface area contributed by atoms with E-state index < -0.39 is 0 Å². The van der Waals surface area contributed by atoms with Crippen molar-refractivity contribution in [2.45, 2.75) is 16.6 Å². The van der Waals surface area contributed by atoms with Crippen LogP contribution in [0.1, 0.15) is 6.42 Å². The number of halogens is 2. The summed E-state index contributed by atoms with van der Waals surface area (Å²) >= 11 is 7.75. The fourth-order valence-electron chi connectivity index (χ4n) is 1.43. The molecule has 78 valence electrons. The normalized spacial score (nSPS) is 20.5. The predicted molar refractivity (Wildman–Crippen MR) is 65.8 cm³/mol. The second-order valence-corrected chi connectivity index (χ2v) is 5.00. The summed E-state index contributed by atoms with van der Waals surface area (Å²) in [6.45, 7) is 2.29. The first-order valence-corrected chi connectivity index (χ1v) is 5.73. The largest absolute Gasteiger partial charge is 0.316 e. The molecule has 1 aromatic rings. The van der Waals surface area contributed by atoms with Gasteiger partial charge in [0.2, 0.25) is 0 Å². The summed E-state index contributed by atoms with van der Waals surface area (Å²) in [6.07, 6.45) is 1.27. The van der Waals surface area contributed by atoms with Gasteiger partial charge in [0, 0.05) is 21.7 Å². The summed E-state index contributed by atoms with van der Waals surface area (Å²) in [5, 5.41) is 4.91. The molecule has 1 N–H and O–H groups in total. The van der Waals surface area contributed by atoms with Crippen molar-refractivity contribution < 1.29 is 0 Å². The zero-order chi connectivity index (χ0) is 9.10. The zero-order valence-electron chi connectivity index (χ0n) is 7.70. The van der Waals surface area contributed by atoms with Crippen LogP contribution >= 0.6 is 35.8 Å². The second kappa shape index (κ2) is 5.86. The highest BCUT2D eigenvalue weighted by atomic mass is 35.5. The van der Waals surface area contributed by atoms with E-state index in [1.165, 1.54) is 11.3 Å². The van der Waals surface area contributed by atoms with E-state index in [-0.39, 0.29) is 12.4 Å². The van der Waals surface area contributed by atoms with Gasteiger partial charge in [-0.15, -0.1) is 24.2 Å². The molecule has 0 bridgehead atoms. The lowest BCUT2D eigenvalue weighted by atomic mass is 10.4. The number of thioether (sulfide) groups is 1. The number of rotatable bonds is 2. The van der Waals surface area contributed by atoms with Gasteiger partial charge in [-0.3, -0.25) is 0 Å². The van der Waals surface area contributed by atoms with E-state index in [4.69, 9.17) is 11.6 Å². The molecule has 14 heavy (non-hydrogen) atoms. The van der Waals surface area contributed by atoms with E-state index in [1.54, 1.807) is 0 Å². The molecule has 0 spiro atoms. The van der Waals surface area contributed by atoms with E-state index in [1.807, 2.05) is 23.9 Å². The van der Waals surface area contributed by atoms with Crippen molar-refractivity contribution in [2.75, 3.05) is 13.1 Å². The van der Waals surface area contributed by atoms with Crippen molar-refractivity contribution in [3.05, 3.63) is 29.3 Å². The van der Waals surface area contributed by atoms with E-state index in [0.717, 1.165) is 23.4 Å². The molecule has 4 heteroatoms. The molecule has 0 unspecified atom stereocenters. The number of nitrogens with one attached hydrogen (secondary N) is 1. The Kier molecular flexibility index (Phi) is 5.10. The Morgan fingerprint density at radius 1 is 1.29 bits per heavy atom. The van der Waals surface area contributed by atoms with Gasteiger partial charge in [-0.05, 0) is 37.2 Å². The van der Waals surface area contributed by atoms with Crippen LogP contribution in [0.5, 0.6) is 0 Å². The summed E-state index contributed by atoms with van der Waals surface area (Å²) in [6, 6.07) is 8.08. The van der Waals surface area contributed by atoms with Crippen LogP contribution < -0.4 is 5.32 Å². The van der Waals surface area contributed by atoms with Crippen LogP contribution in [-0.4, -0.2) is 18.3 Å². The first kappa shape index (κ1) is 12.2. The summed E-state index contributed by atoms with van der Waals surface area (Å²) in [7, 11) is 0. The summed E-state index contributed by atoms with van der Waals surface area (Å²) < 4.78 is 0. The van der Waals surface area contributed by atoms with Gasteiger partial charge >= 0.3 is 0 Å². The van der Waals surface area contributed by atoms with Gasteiger partial charge in [-0.1, -0.05) is 11.6 Å². The maximum absolute atomic E-state index is 5.81. The monoisotopic (exact) mass is 249 g/mol. The number of hydrogen-bond donors (Lipinski definition) is 1. The lowest BCUT2D eigenvalue weighted by Crippen LogP contribution is -2.09. The van der Waals surface area contributed by atoms with Gasteiger partial charge in [0.15, 0.2) is 0 Å². The van der Waals surface area contributed by atoms with Crippen LogP contribution in [0.15, 0.2) is 29.2 Å². The number of benzene rings is 1. The lowest BCUT2D eigenvalue weighted by Gasteiger charge is -2.07. The van der Waals surface area contributed by atoms with Gasteiger partial charge < -0.3 is 5.32 Å². The molecular weight excluding hydrogens is 237 g/mol. The quantitative estimate of drug-likeness (QED) is 0.864. The van der Waals surface area contributed by atoms with Gasteiger partial charge in [-0.25, -0.2) is 0 Å². The van der Waals surface area contributed by atoms with Crippen molar-refractivity contribution in [1.29, 1.82) is 0 Å². The van der Waals surface area contributed by atoms with E-state index in [2.05, 4.69) is 17.4 Å². The molecule has 1 nitrogen and oxygen atoms in total. The Hall–Kier alpha value is 0.110. The first-order valence-electron chi connectivity index (χ1n) is 4.47. The molecule has 1 heterocycles. The Morgan fingerprint density at radius 2 is 2.00 bits per heavy atom. The van der Waals surface area contributed by atoms with Crippen LogP contribution in [-0.2, 0) is 0 Å². The Labute approximate surface area is 100 Å². The molecule has 1 aromatic carbocycles.